The van der Waals surface area contributed by atoms with E-state index in [0.29, 0.717) is 17.9 Å². The van der Waals surface area contributed by atoms with Gasteiger partial charge in [0.1, 0.15) is 0 Å². The predicted octanol–water partition coefficient (Wildman–Crippen LogP) is 3.77. The third kappa shape index (κ3) is 3.62. The summed E-state index contributed by atoms with van der Waals surface area (Å²) in [5.74, 6) is 0. The van der Waals surface area contributed by atoms with Gasteiger partial charge in [-0.1, -0.05) is 39.7 Å². The Kier molecular flexibility index (Phi) is 5.24. The number of aliphatic hydroxyl groups is 1. The summed E-state index contributed by atoms with van der Waals surface area (Å²) in [7, 11) is 0. The fourth-order valence-corrected chi connectivity index (χ4v) is 2.73. The van der Waals surface area contributed by atoms with Crippen LogP contribution >= 0.6 is 27.5 Å². The quantitative estimate of drug-likeness (QED) is 0.884. The third-order valence-corrected chi connectivity index (χ3v) is 4.29. The molecule has 0 aliphatic heterocycles. The first kappa shape index (κ1) is 15.5. The summed E-state index contributed by atoms with van der Waals surface area (Å²) in [6.45, 7) is 4.67. The van der Waals surface area contributed by atoms with E-state index in [2.05, 4.69) is 21.0 Å². The summed E-state index contributed by atoms with van der Waals surface area (Å²) in [5, 5.41) is 15.3. The topological polar surface area (TPSA) is 38.0 Å². The van der Waals surface area contributed by atoms with Gasteiger partial charge in [-0.15, -0.1) is 0 Å². The molecule has 2 rings (SSSR count). The van der Waals surface area contributed by atoms with Crippen LogP contribution in [0.2, 0.25) is 5.02 Å². The lowest BCUT2D eigenvalue weighted by Gasteiger charge is -2.12. The fourth-order valence-electron chi connectivity index (χ4n) is 2.25. The summed E-state index contributed by atoms with van der Waals surface area (Å²) >= 11 is 9.66. The molecule has 0 bridgehead atoms. The summed E-state index contributed by atoms with van der Waals surface area (Å²) in [5.41, 5.74) is 2.84. The first-order chi connectivity index (χ1) is 9.51. The molecule has 108 valence electrons. The van der Waals surface area contributed by atoms with Gasteiger partial charge in [0.25, 0.3) is 0 Å². The average molecular weight is 358 g/mol. The van der Waals surface area contributed by atoms with E-state index in [1.165, 1.54) is 0 Å². The maximum absolute atomic E-state index is 10.3. The number of aliphatic hydroxyl groups excluding tert-OH is 1. The van der Waals surface area contributed by atoms with Crippen LogP contribution in [0.1, 0.15) is 23.9 Å². The zero-order valence-electron chi connectivity index (χ0n) is 11.6. The monoisotopic (exact) mass is 356 g/mol. The van der Waals surface area contributed by atoms with E-state index in [1.54, 1.807) is 0 Å². The molecular weight excluding hydrogens is 340 g/mol. The maximum atomic E-state index is 10.3. The van der Waals surface area contributed by atoms with E-state index in [0.717, 1.165) is 28.0 Å². The van der Waals surface area contributed by atoms with Crippen molar-refractivity contribution < 1.29 is 5.11 Å². The number of hydrogen-bond donors (Lipinski definition) is 1. The van der Waals surface area contributed by atoms with Crippen molar-refractivity contribution in [3.63, 3.8) is 0 Å². The van der Waals surface area contributed by atoms with Crippen LogP contribution < -0.4 is 0 Å². The molecule has 0 amide bonds. The van der Waals surface area contributed by atoms with Crippen molar-refractivity contribution in [3.05, 3.63) is 50.7 Å². The Morgan fingerprint density at radius 1 is 1.30 bits per heavy atom. The van der Waals surface area contributed by atoms with E-state index in [-0.39, 0.29) is 0 Å². The van der Waals surface area contributed by atoms with Crippen LogP contribution in [0.3, 0.4) is 0 Å². The smallest absolute Gasteiger partial charge is 0.0848 e. The lowest BCUT2D eigenvalue weighted by molar-refractivity contribution is 0.172. The van der Waals surface area contributed by atoms with Crippen molar-refractivity contribution in [1.29, 1.82) is 0 Å². The van der Waals surface area contributed by atoms with Gasteiger partial charge in [-0.3, -0.25) is 4.68 Å². The fraction of sp³-hybridized carbons (Fsp3) is 0.400. The van der Waals surface area contributed by atoms with Crippen LogP contribution in [0.5, 0.6) is 0 Å². The molecule has 2 aromatic rings. The first-order valence-corrected chi connectivity index (χ1v) is 7.82. The van der Waals surface area contributed by atoms with Gasteiger partial charge in [-0.05, 0) is 38.0 Å². The molecule has 5 heteroatoms. The Morgan fingerprint density at radius 2 is 1.95 bits per heavy atom. The van der Waals surface area contributed by atoms with Crippen LogP contribution in [-0.4, -0.2) is 21.0 Å². The number of benzene rings is 1. The number of rotatable bonds is 5. The zero-order valence-corrected chi connectivity index (χ0v) is 13.9. The molecule has 1 atom stereocenters. The van der Waals surface area contributed by atoms with Gasteiger partial charge in [0.15, 0.2) is 0 Å². The summed E-state index contributed by atoms with van der Waals surface area (Å²) in [6, 6.07) is 7.99. The van der Waals surface area contributed by atoms with E-state index in [1.807, 2.05) is 42.8 Å². The zero-order chi connectivity index (χ0) is 14.7. The van der Waals surface area contributed by atoms with E-state index in [9.17, 15) is 5.11 Å². The van der Waals surface area contributed by atoms with E-state index < -0.39 is 6.10 Å². The minimum atomic E-state index is -0.463. The molecule has 0 aliphatic carbocycles. The van der Waals surface area contributed by atoms with Gasteiger partial charge in [-0.2, -0.15) is 5.10 Å². The summed E-state index contributed by atoms with van der Waals surface area (Å²) in [4.78, 5) is 0. The van der Waals surface area contributed by atoms with Crippen LogP contribution in [0.25, 0.3) is 0 Å². The number of hydrogen-bond acceptors (Lipinski definition) is 2. The van der Waals surface area contributed by atoms with Crippen LogP contribution in [0.15, 0.2) is 28.7 Å². The molecular formula is C15H18BrClN2O. The number of nitrogens with zero attached hydrogens (tertiary/aromatic N) is 2. The molecule has 0 aliphatic rings. The van der Waals surface area contributed by atoms with E-state index in [4.69, 9.17) is 11.6 Å². The molecule has 0 radical (unpaired) electrons. The van der Waals surface area contributed by atoms with Crippen molar-refractivity contribution >= 4 is 27.5 Å². The summed E-state index contributed by atoms with van der Waals surface area (Å²) in [6.07, 6.45) is 0.663. The second kappa shape index (κ2) is 6.74. The van der Waals surface area contributed by atoms with Crippen LogP contribution in [0, 0.1) is 6.92 Å². The second-order valence-electron chi connectivity index (χ2n) is 4.85. The van der Waals surface area contributed by atoms with Crippen molar-refractivity contribution in [2.24, 2.45) is 0 Å². The Morgan fingerprint density at radius 3 is 2.55 bits per heavy atom. The van der Waals surface area contributed by atoms with Crippen LogP contribution in [-0.2, 0) is 19.4 Å². The molecule has 0 saturated heterocycles. The highest BCUT2D eigenvalue weighted by Gasteiger charge is 2.16. The second-order valence-corrected chi connectivity index (χ2v) is 6.14. The predicted molar refractivity (Wildman–Crippen MR) is 85.2 cm³/mol. The van der Waals surface area contributed by atoms with Gasteiger partial charge >= 0.3 is 0 Å². The lowest BCUT2D eigenvalue weighted by Crippen LogP contribution is -2.17. The molecule has 3 nitrogen and oxygen atoms in total. The molecule has 1 aromatic heterocycles. The Balaban J connectivity index is 2.08. The SMILES string of the molecule is CCn1nc(C)c(Cl)c1CC(O)Cc1ccc(Br)cc1. The van der Waals surface area contributed by atoms with Crippen LogP contribution in [0.4, 0.5) is 0 Å². The van der Waals surface area contributed by atoms with Gasteiger partial charge in [0.2, 0.25) is 0 Å². The Bertz CT molecular complexity index is 580. The van der Waals surface area contributed by atoms with Crippen molar-refractivity contribution in [2.45, 2.75) is 39.3 Å². The van der Waals surface area contributed by atoms with Crippen molar-refractivity contribution in [1.82, 2.24) is 9.78 Å². The number of aryl methyl sites for hydroxylation is 2. The highest BCUT2D eigenvalue weighted by Crippen LogP contribution is 2.22. The first-order valence-electron chi connectivity index (χ1n) is 6.65. The molecule has 1 aromatic carbocycles. The molecule has 0 saturated carbocycles. The molecule has 20 heavy (non-hydrogen) atoms. The summed E-state index contributed by atoms with van der Waals surface area (Å²) < 4.78 is 2.90. The van der Waals surface area contributed by atoms with Gasteiger partial charge < -0.3 is 5.11 Å². The third-order valence-electron chi connectivity index (χ3n) is 3.27. The van der Waals surface area contributed by atoms with Gasteiger partial charge in [0, 0.05) is 17.4 Å². The van der Waals surface area contributed by atoms with Crippen molar-refractivity contribution in [3.8, 4) is 0 Å². The van der Waals surface area contributed by atoms with E-state index >= 15 is 0 Å². The number of halogens is 2. The van der Waals surface area contributed by atoms with Gasteiger partial charge in [-0.25, -0.2) is 0 Å². The molecule has 1 unspecified atom stereocenters. The highest BCUT2D eigenvalue weighted by atomic mass is 79.9. The normalized spacial score (nSPS) is 12.7. The molecule has 0 fully saturated rings. The largest absolute Gasteiger partial charge is 0.392 e. The molecule has 0 spiro atoms. The lowest BCUT2D eigenvalue weighted by atomic mass is 10.0. The minimum Gasteiger partial charge on any atom is -0.392 e. The van der Waals surface area contributed by atoms with Crippen molar-refractivity contribution in [2.75, 3.05) is 0 Å². The maximum Gasteiger partial charge on any atom is 0.0848 e. The molecule has 1 N–H and O–H groups in total. The Labute approximate surface area is 132 Å². The average Bonchev–Trinajstić information content (AvgIpc) is 2.69. The standard InChI is InChI=1S/C15H18BrClN2O/c1-3-19-14(15(17)10(2)18-19)9-13(20)8-11-4-6-12(16)7-5-11/h4-7,13,20H,3,8-9H2,1-2H3. The highest BCUT2D eigenvalue weighted by molar-refractivity contribution is 9.10. The van der Waals surface area contributed by atoms with Gasteiger partial charge in [0.05, 0.1) is 22.5 Å². The minimum absolute atomic E-state index is 0.463. The number of aromatic nitrogens is 2. The Hall–Kier alpha value is -0.840. The molecule has 1 heterocycles.